The van der Waals surface area contributed by atoms with Crippen LogP contribution in [-0.2, 0) is 6.54 Å². The van der Waals surface area contributed by atoms with Crippen molar-refractivity contribution in [1.82, 2.24) is 4.90 Å². The summed E-state index contributed by atoms with van der Waals surface area (Å²) < 4.78 is 85.7. The van der Waals surface area contributed by atoms with Crippen LogP contribution in [0.3, 0.4) is 0 Å². The third-order valence-electron chi connectivity index (χ3n) is 7.23. The molecule has 12 heteroatoms. The largest absolute Gasteiger partial charge is 0.573 e. The Hall–Kier alpha value is -3.25. The number of alkyl halides is 6. The van der Waals surface area contributed by atoms with E-state index in [-0.39, 0.29) is 23.8 Å². The molecule has 0 saturated carbocycles. The predicted octanol–water partition coefficient (Wildman–Crippen LogP) is 7.67. The van der Waals surface area contributed by atoms with Gasteiger partial charge >= 0.3 is 12.7 Å². The van der Waals surface area contributed by atoms with Gasteiger partial charge in [0.15, 0.2) is 5.78 Å². The van der Waals surface area contributed by atoms with Gasteiger partial charge in [0.25, 0.3) is 0 Å². The molecule has 3 aromatic carbocycles. The Kier molecular flexibility index (Phi) is 7.51. The summed E-state index contributed by atoms with van der Waals surface area (Å²) in [6, 6.07) is 16.5. The van der Waals surface area contributed by atoms with Crippen LogP contribution < -0.4 is 14.8 Å². The minimum atomic E-state index is -4.84. The third kappa shape index (κ3) is 6.22. The first-order valence-electron chi connectivity index (χ1n) is 12.4. The zero-order valence-electron chi connectivity index (χ0n) is 20.8. The lowest BCUT2D eigenvalue weighted by molar-refractivity contribution is -0.275. The maximum absolute atomic E-state index is 13.9. The molecule has 0 bridgehead atoms. The molecular weight excluding hydrogens is 606 g/mol. The fraction of sp³-hybridized carbons (Fsp3) is 0.321. The Morgan fingerprint density at radius 3 is 2.20 bits per heavy atom. The van der Waals surface area contributed by atoms with E-state index in [9.17, 15) is 31.1 Å². The second-order valence-corrected chi connectivity index (χ2v) is 10.7. The molecule has 1 fully saturated rings. The normalized spacial score (nSPS) is 19.2. The second-order valence-electron chi connectivity index (χ2n) is 9.82. The van der Waals surface area contributed by atoms with Gasteiger partial charge < -0.3 is 14.8 Å². The Morgan fingerprint density at radius 2 is 1.55 bits per heavy atom. The molecule has 5 nitrogen and oxygen atoms in total. The summed E-state index contributed by atoms with van der Waals surface area (Å²) in [5.74, 6) is -1.52. The van der Waals surface area contributed by atoms with Gasteiger partial charge in [0.05, 0.1) is 11.5 Å². The van der Waals surface area contributed by atoms with Gasteiger partial charge in [-0.05, 0) is 54.8 Å². The van der Waals surface area contributed by atoms with Crippen LogP contribution in [0.25, 0.3) is 0 Å². The number of nitrogens with one attached hydrogen (secondary N) is 1. The minimum absolute atomic E-state index is 0.164. The highest BCUT2D eigenvalue weighted by molar-refractivity contribution is 9.10. The molecule has 0 amide bonds. The highest BCUT2D eigenvalue weighted by atomic mass is 79.9. The molecule has 40 heavy (non-hydrogen) atoms. The summed E-state index contributed by atoms with van der Waals surface area (Å²) in [5, 5.41) is 3.55. The van der Waals surface area contributed by atoms with Crippen molar-refractivity contribution in [3.05, 3.63) is 87.9 Å². The Morgan fingerprint density at radius 1 is 0.900 bits per heavy atom. The molecule has 2 aliphatic heterocycles. The summed E-state index contributed by atoms with van der Waals surface area (Å²) >= 11 is 3.43. The smallest absolute Gasteiger partial charge is 0.406 e. The molecule has 1 N–H and O–H groups in total. The molecule has 1 spiro atoms. The van der Waals surface area contributed by atoms with E-state index in [0.717, 1.165) is 4.47 Å². The summed E-state index contributed by atoms with van der Waals surface area (Å²) in [6.07, 6.45) is -8.74. The van der Waals surface area contributed by atoms with Crippen LogP contribution in [-0.4, -0.2) is 42.0 Å². The van der Waals surface area contributed by atoms with Crippen LogP contribution in [0.5, 0.6) is 11.5 Å². The van der Waals surface area contributed by atoms with Gasteiger partial charge in [0.2, 0.25) is 0 Å². The Labute approximate surface area is 234 Å². The highest BCUT2D eigenvalue weighted by Crippen LogP contribution is 2.47. The van der Waals surface area contributed by atoms with Crippen molar-refractivity contribution in [2.75, 3.05) is 18.4 Å². The number of Topliss-reactive ketones (excluding diaryl/α,β-unsaturated/α-hetero) is 1. The molecule has 1 atom stereocenters. The van der Waals surface area contributed by atoms with E-state index in [1.165, 1.54) is 36.4 Å². The average Bonchev–Trinajstić information content (AvgIpc) is 2.86. The number of hydrogen-bond acceptors (Lipinski definition) is 5. The van der Waals surface area contributed by atoms with Crippen LogP contribution in [0.4, 0.5) is 32.0 Å². The Bertz CT molecular complexity index is 1390. The van der Waals surface area contributed by atoms with Gasteiger partial charge in [-0.15, -0.1) is 26.3 Å². The number of ether oxygens (including phenoxy) is 2. The molecule has 0 aliphatic carbocycles. The van der Waals surface area contributed by atoms with Crippen molar-refractivity contribution in [2.45, 2.75) is 43.6 Å². The van der Waals surface area contributed by atoms with Crippen molar-refractivity contribution in [3.63, 3.8) is 0 Å². The summed E-state index contributed by atoms with van der Waals surface area (Å²) in [4.78, 5) is 15.9. The molecule has 5 rings (SSSR count). The van der Waals surface area contributed by atoms with E-state index >= 15 is 0 Å². The number of benzene rings is 3. The fourth-order valence-corrected chi connectivity index (χ4v) is 5.90. The molecule has 2 aliphatic rings. The number of para-hydroxylation sites is 1. The molecule has 0 radical (unpaired) electrons. The van der Waals surface area contributed by atoms with Gasteiger partial charge in [-0.2, -0.15) is 0 Å². The summed E-state index contributed by atoms with van der Waals surface area (Å²) in [7, 11) is 0. The standard InChI is InChI=1S/C28H23BrF6N2O3/c29-19-7-10-21-22(15-19)36-26(24(25(21)38)17-5-8-20(9-6-17)39-27(30,31)32)11-13-37(14-12-26)16-18-3-1-2-4-23(18)40-28(33,34)35/h1-10,15,24,36H,11-14,16H2. The van der Waals surface area contributed by atoms with Gasteiger partial charge in [-0.3, -0.25) is 9.69 Å². The first-order valence-corrected chi connectivity index (χ1v) is 13.1. The zero-order valence-corrected chi connectivity index (χ0v) is 22.4. The fourth-order valence-electron chi connectivity index (χ4n) is 5.54. The number of rotatable bonds is 5. The van der Waals surface area contributed by atoms with Crippen LogP contribution in [0.1, 0.15) is 40.2 Å². The lowest BCUT2D eigenvalue weighted by Crippen LogP contribution is -2.56. The summed E-state index contributed by atoms with van der Waals surface area (Å²) in [6.45, 7) is 1.12. The molecular formula is C28H23BrF6N2O3. The number of carbonyl (C=O) groups excluding carboxylic acids is 1. The average molecular weight is 629 g/mol. The van der Waals surface area contributed by atoms with Crippen molar-refractivity contribution in [3.8, 4) is 11.5 Å². The van der Waals surface area contributed by atoms with Gasteiger partial charge in [0, 0.05) is 40.9 Å². The van der Waals surface area contributed by atoms with Crippen LogP contribution in [0.15, 0.2) is 71.2 Å². The predicted molar refractivity (Wildman–Crippen MR) is 138 cm³/mol. The SMILES string of the molecule is O=C1c2ccc(Br)cc2NC2(CCN(Cc3ccccc3OC(F)(F)F)CC2)C1c1ccc(OC(F)(F)F)cc1. The lowest BCUT2D eigenvalue weighted by atomic mass is 9.67. The molecule has 2 heterocycles. The van der Waals surface area contributed by atoms with Crippen molar-refractivity contribution < 1.29 is 40.6 Å². The van der Waals surface area contributed by atoms with E-state index in [2.05, 4.69) is 30.7 Å². The lowest BCUT2D eigenvalue weighted by Gasteiger charge is -2.50. The van der Waals surface area contributed by atoms with E-state index < -0.39 is 24.2 Å². The number of ketones is 1. The number of hydrogen-bond donors (Lipinski definition) is 1. The molecule has 1 unspecified atom stereocenters. The third-order valence-corrected chi connectivity index (χ3v) is 7.73. The molecule has 1 saturated heterocycles. The monoisotopic (exact) mass is 628 g/mol. The molecule has 0 aromatic heterocycles. The van der Waals surface area contributed by atoms with E-state index in [1.54, 1.807) is 24.3 Å². The van der Waals surface area contributed by atoms with Crippen LogP contribution >= 0.6 is 15.9 Å². The van der Waals surface area contributed by atoms with Crippen molar-refractivity contribution in [1.29, 1.82) is 0 Å². The zero-order chi connectivity index (χ0) is 28.7. The number of carbonyl (C=O) groups is 1. The minimum Gasteiger partial charge on any atom is -0.406 e. The van der Waals surface area contributed by atoms with E-state index in [1.807, 2.05) is 11.0 Å². The number of halogens is 7. The highest BCUT2D eigenvalue weighted by Gasteiger charge is 2.49. The van der Waals surface area contributed by atoms with Gasteiger partial charge in [-0.1, -0.05) is 46.3 Å². The first kappa shape index (κ1) is 28.3. The number of likely N-dealkylation sites (tertiary alicyclic amines) is 1. The maximum atomic E-state index is 13.9. The Balaban J connectivity index is 1.41. The van der Waals surface area contributed by atoms with E-state index in [0.29, 0.717) is 48.3 Å². The number of piperidine rings is 1. The number of nitrogens with zero attached hydrogens (tertiary/aromatic N) is 1. The van der Waals surface area contributed by atoms with Crippen molar-refractivity contribution >= 4 is 27.4 Å². The topological polar surface area (TPSA) is 50.8 Å². The molecule has 212 valence electrons. The maximum Gasteiger partial charge on any atom is 0.573 e. The summed E-state index contributed by atoms with van der Waals surface area (Å²) in [5.41, 5.74) is 1.27. The number of fused-ring (bicyclic) bond motifs is 1. The second kappa shape index (κ2) is 10.6. The van der Waals surface area contributed by atoms with Crippen molar-refractivity contribution in [2.24, 2.45) is 0 Å². The van der Waals surface area contributed by atoms with Crippen LogP contribution in [0.2, 0.25) is 0 Å². The molecule has 3 aromatic rings. The van der Waals surface area contributed by atoms with E-state index in [4.69, 9.17) is 0 Å². The first-order chi connectivity index (χ1) is 18.8. The quantitative estimate of drug-likeness (QED) is 0.294. The van der Waals surface area contributed by atoms with Crippen LogP contribution in [0, 0.1) is 0 Å². The van der Waals surface area contributed by atoms with Gasteiger partial charge in [-0.25, -0.2) is 0 Å². The number of anilines is 1. The van der Waals surface area contributed by atoms with Gasteiger partial charge in [0.1, 0.15) is 11.5 Å².